The van der Waals surface area contributed by atoms with Gasteiger partial charge in [0.15, 0.2) is 0 Å². The Morgan fingerprint density at radius 3 is 2.95 bits per heavy atom. The van der Waals surface area contributed by atoms with Gasteiger partial charge >= 0.3 is 0 Å². The minimum atomic E-state index is 0.00687. The number of likely N-dealkylation sites (tertiary alicyclic amines) is 1. The molecule has 1 amide bonds. The molecule has 2 aliphatic rings. The first-order valence-electron chi connectivity index (χ1n) is 7.53. The van der Waals surface area contributed by atoms with E-state index in [1.165, 1.54) is 6.26 Å². The van der Waals surface area contributed by atoms with Crippen LogP contribution in [0.2, 0.25) is 0 Å². The third-order valence-electron chi connectivity index (χ3n) is 4.61. The lowest BCUT2D eigenvalue weighted by atomic mass is 10.1. The lowest BCUT2D eigenvalue weighted by molar-refractivity contribution is 0.0758. The first kappa shape index (κ1) is 14.5. The van der Waals surface area contributed by atoms with Crippen molar-refractivity contribution in [1.29, 1.82) is 0 Å². The minimum absolute atomic E-state index is 0.00687. The predicted molar refractivity (Wildman–Crippen MR) is 77.3 cm³/mol. The average molecular weight is 293 g/mol. The lowest BCUT2D eigenvalue weighted by Gasteiger charge is -2.25. The average Bonchev–Trinajstić information content (AvgIpc) is 3.10. The maximum atomic E-state index is 12.6. The molecule has 2 atom stereocenters. The monoisotopic (exact) mass is 293 g/mol. The van der Waals surface area contributed by atoms with Crippen LogP contribution in [0.25, 0.3) is 0 Å². The van der Waals surface area contributed by atoms with Gasteiger partial charge in [-0.2, -0.15) is 0 Å². The summed E-state index contributed by atoms with van der Waals surface area (Å²) >= 11 is 0. The maximum Gasteiger partial charge on any atom is 0.258 e. The number of carbonyl (C=O) groups excluding carboxylic acids is 1. The first-order chi connectivity index (χ1) is 10.1. The van der Waals surface area contributed by atoms with E-state index >= 15 is 0 Å². The molecular weight excluding hydrogens is 270 g/mol. The molecule has 3 rings (SSSR count). The van der Waals surface area contributed by atoms with E-state index in [1.807, 2.05) is 7.05 Å². The molecule has 0 bridgehead atoms. The molecule has 6 heteroatoms. The predicted octanol–water partition coefficient (Wildman–Crippen LogP) is 1.34. The second kappa shape index (κ2) is 5.77. The summed E-state index contributed by atoms with van der Waals surface area (Å²) < 4.78 is 10.4. The molecule has 116 valence electrons. The van der Waals surface area contributed by atoms with Crippen LogP contribution in [0.5, 0.6) is 0 Å². The van der Waals surface area contributed by atoms with Crippen molar-refractivity contribution in [2.45, 2.75) is 37.3 Å². The largest absolute Gasteiger partial charge is 0.380 e. The molecule has 2 fully saturated rings. The zero-order chi connectivity index (χ0) is 15.0. The van der Waals surface area contributed by atoms with Crippen LogP contribution in [-0.2, 0) is 4.74 Å². The maximum absolute atomic E-state index is 12.6. The van der Waals surface area contributed by atoms with E-state index in [0.717, 1.165) is 31.5 Å². The zero-order valence-electron chi connectivity index (χ0n) is 12.9. The van der Waals surface area contributed by atoms with Crippen molar-refractivity contribution in [2.24, 2.45) is 0 Å². The molecule has 0 N–H and O–H groups in total. The normalized spacial score (nSPS) is 26.2. The number of likely N-dealkylation sites (N-methyl/N-ethyl adjacent to an activating group) is 2. The van der Waals surface area contributed by atoms with E-state index in [1.54, 1.807) is 12.0 Å². The summed E-state index contributed by atoms with van der Waals surface area (Å²) in [4.78, 5) is 16.6. The number of hydrogen-bond donors (Lipinski definition) is 0. The third-order valence-corrected chi connectivity index (χ3v) is 4.61. The summed E-state index contributed by atoms with van der Waals surface area (Å²) in [6, 6.07) is 0.341. The van der Waals surface area contributed by atoms with Gasteiger partial charge in [0.25, 0.3) is 5.91 Å². The van der Waals surface area contributed by atoms with E-state index < -0.39 is 0 Å². The van der Waals surface area contributed by atoms with Gasteiger partial charge in [-0.05, 0) is 26.3 Å². The summed E-state index contributed by atoms with van der Waals surface area (Å²) in [7, 11) is 5.67. The molecular formula is C15H23N3O3. The highest BCUT2D eigenvalue weighted by atomic mass is 16.5. The number of aromatic nitrogens is 1. The highest BCUT2D eigenvalue weighted by Crippen LogP contribution is 2.41. The number of methoxy groups -OCH3 is 1. The fraction of sp³-hybridized carbons (Fsp3) is 0.733. The second-order valence-corrected chi connectivity index (χ2v) is 6.26. The molecule has 2 heterocycles. The van der Waals surface area contributed by atoms with Crippen molar-refractivity contribution in [1.82, 2.24) is 15.0 Å². The van der Waals surface area contributed by atoms with E-state index in [-0.39, 0.29) is 12.0 Å². The molecule has 1 aromatic rings. The van der Waals surface area contributed by atoms with Gasteiger partial charge in [0, 0.05) is 39.2 Å². The molecule has 1 saturated heterocycles. The number of rotatable bonds is 5. The van der Waals surface area contributed by atoms with Crippen molar-refractivity contribution >= 4 is 5.91 Å². The van der Waals surface area contributed by atoms with Crippen molar-refractivity contribution in [2.75, 3.05) is 34.3 Å². The molecule has 6 nitrogen and oxygen atoms in total. The SMILES string of the molecule is CO[C@H]1C[C@@H](CN(C)C(=O)c2conc2C2CC2)N(C)C1. The molecule has 1 aromatic heterocycles. The third kappa shape index (κ3) is 2.96. The van der Waals surface area contributed by atoms with Gasteiger partial charge in [-0.3, -0.25) is 9.69 Å². The summed E-state index contributed by atoms with van der Waals surface area (Å²) in [5, 5.41) is 4.00. The fourth-order valence-electron chi connectivity index (χ4n) is 3.07. The van der Waals surface area contributed by atoms with Gasteiger partial charge in [0.2, 0.25) is 0 Å². The van der Waals surface area contributed by atoms with Crippen LogP contribution >= 0.6 is 0 Å². The zero-order valence-corrected chi connectivity index (χ0v) is 12.9. The van der Waals surface area contributed by atoms with Gasteiger partial charge in [0.05, 0.1) is 11.8 Å². The van der Waals surface area contributed by atoms with Crippen LogP contribution in [0, 0.1) is 0 Å². The Labute approximate surface area is 125 Å². The minimum Gasteiger partial charge on any atom is -0.380 e. The Hall–Kier alpha value is -1.40. The molecule has 1 aliphatic carbocycles. The van der Waals surface area contributed by atoms with Gasteiger partial charge < -0.3 is 14.2 Å². The van der Waals surface area contributed by atoms with Crippen molar-refractivity contribution in [3.8, 4) is 0 Å². The smallest absolute Gasteiger partial charge is 0.258 e. The molecule has 21 heavy (non-hydrogen) atoms. The topological polar surface area (TPSA) is 58.8 Å². The lowest BCUT2D eigenvalue weighted by Crippen LogP contribution is -2.39. The number of hydrogen-bond acceptors (Lipinski definition) is 5. The summed E-state index contributed by atoms with van der Waals surface area (Å²) in [5.41, 5.74) is 1.46. The molecule has 1 aliphatic heterocycles. The number of nitrogens with zero attached hydrogens (tertiary/aromatic N) is 3. The summed E-state index contributed by atoms with van der Waals surface area (Å²) in [6.07, 6.45) is 4.93. The van der Waals surface area contributed by atoms with E-state index in [9.17, 15) is 4.79 Å². The van der Waals surface area contributed by atoms with E-state index in [0.29, 0.717) is 24.1 Å². The number of amides is 1. The Kier molecular flexibility index (Phi) is 3.99. The molecule has 0 radical (unpaired) electrons. The van der Waals surface area contributed by atoms with Crippen molar-refractivity contribution in [3.05, 3.63) is 17.5 Å². The van der Waals surface area contributed by atoms with Crippen LogP contribution in [0.15, 0.2) is 10.8 Å². The fourth-order valence-corrected chi connectivity index (χ4v) is 3.07. The van der Waals surface area contributed by atoms with Gasteiger partial charge in [-0.15, -0.1) is 0 Å². The number of carbonyl (C=O) groups is 1. The summed E-state index contributed by atoms with van der Waals surface area (Å²) in [5.74, 6) is 0.426. The van der Waals surface area contributed by atoms with Gasteiger partial charge in [0.1, 0.15) is 11.8 Å². The quantitative estimate of drug-likeness (QED) is 0.820. The molecule has 0 unspecified atom stereocenters. The van der Waals surface area contributed by atoms with Crippen molar-refractivity contribution in [3.63, 3.8) is 0 Å². The first-order valence-corrected chi connectivity index (χ1v) is 7.53. The standard InChI is InChI=1S/C15H23N3O3/c1-17-8-12(20-3)6-11(17)7-18(2)15(19)13-9-21-16-14(13)10-4-5-10/h9-12H,4-8H2,1-3H3/t11-,12-/m0/s1. The number of ether oxygens (including phenoxy) is 1. The van der Waals surface area contributed by atoms with Gasteiger partial charge in [-0.1, -0.05) is 5.16 Å². The Morgan fingerprint density at radius 1 is 1.57 bits per heavy atom. The highest BCUT2D eigenvalue weighted by molar-refractivity contribution is 5.95. The summed E-state index contributed by atoms with van der Waals surface area (Å²) in [6.45, 7) is 1.62. The Bertz CT molecular complexity index is 512. The van der Waals surface area contributed by atoms with Crippen LogP contribution < -0.4 is 0 Å². The van der Waals surface area contributed by atoms with E-state index in [2.05, 4.69) is 17.1 Å². The van der Waals surface area contributed by atoms with E-state index in [4.69, 9.17) is 9.26 Å². The van der Waals surface area contributed by atoms with Gasteiger partial charge in [-0.25, -0.2) is 0 Å². The molecule has 0 aromatic carbocycles. The second-order valence-electron chi connectivity index (χ2n) is 6.26. The van der Waals surface area contributed by atoms with Crippen LogP contribution in [0.3, 0.4) is 0 Å². The van der Waals surface area contributed by atoms with Crippen LogP contribution in [-0.4, -0.2) is 67.3 Å². The highest BCUT2D eigenvalue weighted by Gasteiger charge is 2.34. The molecule has 0 spiro atoms. The Balaban J connectivity index is 1.63. The van der Waals surface area contributed by atoms with Crippen LogP contribution in [0.1, 0.15) is 41.2 Å². The molecule has 1 saturated carbocycles. The Morgan fingerprint density at radius 2 is 2.33 bits per heavy atom. The van der Waals surface area contributed by atoms with Crippen LogP contribution in [0.4, 0.5) is 0 Å². The van der Waals surface area contributed by atoms with Crippen molar-refractivity contribution < 1.29 is 14.1 Å².